The molecule has 0 heterocycles. The maximum absolute atomic E-state index is 10.9. The number of aliphatic hydroxyl groups excluding tert-OH is 1. The molecule has 0 bridgehead atoms. The monoisotopic (exact) mass is 159 g/mol. The highest BCUT2D eigenvalue weighted by Crippen LogP contribution is 1.93. The minimum Gasteiger partial charge on any atom is -0.394 e. The molecule has 11 heavy (non-hydrogen) atoms. The van der Waals surface area contributed by atoms with Crippen molar-refractivity contribution in [1.82, 2.24) is 5.32 Å². The maximum Gasteiger partial charge on any atom is 0.220 e. The number of hydrogen-bond acceptors (Lipinski definition) is 2. The number of amides is 1. The summed E-state index contributed by atoms with van der Waals surface area (Å²) in [5, 5.41) is 11.3. The Morgan fingerprint density at radius 1 is 1.64 bits per heavy atom. The minimum atomic E-state index is -0.112. The van der Waals surface area contributed by atoms with Crippen LogP contribution in [0.3, 0.4) is 0 Å². The summed E-state index contributed by atoms with van der Waals surface area (Å²) in [5.74, 6) is 0.0356. The van der Waals surface area contributed by atoms with Crippen molar-refractivity contribution in [3.05, 3.63) is 0 Å². The van der Waals surface area contributed by atoms with E-state index in [-0.39, 0.29) is 18.6 Å². The largest absolute Gasteiger partial charge is 0.394 e. The Morgan fingerprint density at radius 2 is 2.27 bits per heavy atom. The zero-order valence-electron chi connectivity index (χ0n) is 7.26. The first kappa shape index (κ1) is 10.4. The van der Waals surface area contributed by atoms with Gasteiger partial charge in [-0.25, -0.2) is 0 Å². The molecule has 0 saturated carbocycles. The van der Waals surface area contributed by atoms with E-state index in [1.165, 1.54) is 0 Å². The summed E-state index contributed by atoms with van der Waals surface area (Å²) in [7, 11) is 0. The zero-order chi connectivity index (χ0) is 8.69. The Labute approximate surface area is 67.8 Å². The molecule has 0 saturated heterocycles. The Hall–Kier alpha value is -0.570. The first-order valence-electron chi connectivity index (χ1n) is 4.11. The summed E-state index contributed by atoms with van der Waals surface area (Å²) in [5.41, 5.74) is 0. The Bertz CT molecular complexity index is 115. The lowest BCUT2D eigenvalue weighted by Crippen LogP contribution is -2.34. The van der Waals surface area contributed by atoms with Gasteiger partial charge in [0.15, 0.2) is 0 Å². The number of unbranched alkanes of at least 4 members (excludes halogenated alkanes) is 1. The molecule has 0 unspecified atom stereocenters. The quantitative estimate of drug-likeness (QED) is 0.619. The molecule has 3 nitrogen and oxygen atoms in total. The van der Waals surface area contributed by atoms with E-state index in [4.69, 9.17) is 5.11 Å². The summed E-state index contributed by atoms with van der Waals surface area (Å²) in [6.45, 7) is 3.84. The third-order valence-electron chi connectivity index (χ3n) is 1.44. The second kappa shape index (κ2) is 6.16. The summed E-state index contributed by atoms with van der Waals surface area (Å²) >= 11 is 0. The van der Waals surface area contributed by atoms with Gasteiger partial charge in [-0.05, 0) is 13.3 Å². The smallest absolute Gasteiger partial charge is 0.220 e. The molecule has 0 aliphatic carbocycles. The molecule has 0 aliphatic heterocycles. The van der Waals surface area contributed by atoms with E-state index in [9.17, 15) is 4.79 Å². The van der Waals surface area contributed by atoms with E-state index in [0.717, 1.165) is 12.8 Å². The van der Waals surface area contributed by atoms with Gasteiger partial charge in [0.1, 0.15) is 0 Å². The molecular weight excluding hydrogens is 142 g/mol. The predicted octanol–water partition coefficient (Wildman–Crippen LogP) is 0.674. The molecule has 0 spiro atoms. The second-order valence-corrected chi connectivity index (χ2v) is 2.75. The van der Waals surface area contributed by atoms with Gasteiger partial charge in [0.2, 0.25) is 5.91 Å². The molecule has 2 N–H and O–H groups in total. The molecule has 3 heteroatoms. The lowest BCUT2D eigenvalue weighted by molar-refractivity contribution is -0.122. The van der Waals surface area contributed by atoms with Crippen LogP contribution in [0.5, 0.6) is 0 Å². The number of nitrogens with one attached hydrogen (secondary N) is 1. The number of hydrogen-bond donors (Lipinski definition) is 2. The highest BCUT2D eigenvalue weighted by atomic mass is 16.3. The van der Waals surface area contributed by atoms with Crippen LogP contribution < -0.4 is 5.32 Å². The Morgan fingerprint density at radius 3 is 2.73 bits per heavy atom. The number of carbonyl (C=O) groups excluding carboxylic acids is 1. The van der Waals surface area contributed by atoms with Crippen molar-refractivity contribution in [3.8, 4) is 0 Å². The van der Waals surface area contributed by atoms with Crippen LogP contribution in [0, 0.1) is 0 Å². The van der Waals surface area contributed by atoms with Crippen molar-refractivity contribution < 1.29 is 9.90 Å². The Balaban J connectivity index is 3.36. The molecule has 0 aliphatic rings. The third-order valence-corrected chi connectivity index (χ3v) is 1.44. The topological polar surface area (TPSA) is 49.3 Å². The van der Waals surface area contributed by atoms with Gasteiger partial charge in [-0.2, -0.15) is 0 Å². The lowest BCUT2D eigenvalue weighted by Gasteiger charge is -2.09. The summed E-state index contributed by atoms with van der Waals surface area (Å²) < 4.78 is 0. The normalized spacial score (nSPS) is 12.6. The number of rotatable bonds is 5. The Kier molecular flexibility index (Phi) is 5.84. The van der Waals surface area contributed by atoms with Crippen LogP contribution in [-0.4, -0.2) is 23.7 Å². The average molecular weight is 159 g/mol. The van der Waals surface area contributed by atoms with Crippen LogP contribution in [0.1, 0.15) is 33.1 Å². The van der Waals surface area contributed by atoms with E-state index in [1.54, 1.807) is 6.92 Å². The van der Waals surface area contributed by atoms with Gasteiger partial charge in [-0.15, -0.1) is 0 Å². The van der Waals surface area contributed by atoms with Gasteiger partial charge in [0.05, 0.1) is 6.61 Å². The predicted molar refractivity (Wildman–Crippen MR) is 44.2 cm³/mol. The fourth-order valence-corrected chi connectivity index (χ4v) is 0.730. The second-order valence-electron chi connectivity index (χ2n) is 2.75. The van der Waals surface area contributed by atoms with E-state index >= 15 is 0 Å². The van der Waals surface area contributed by atoms with Gasteiger partial charge in [0, 0.05) is 12.5 Å². The maximum atomic E-state index is 10.9. The van der Waals surface area contributed by atoms with Crippen LogP contribution >= 0.6 is 0 Å². The van der Waals surface area contributed by atoms with Gasteiger partial charge in [-0.1, -0.05) is 13.3 Å². The van der Waals surface area contributed by atoms with Crippen molar-refractivity contribution in [2.75, 3.05) is 6.61 Å². The van der Waals surface area contributed by atoms with Crippen molar-refractivity contribution >= 4 is 5.91 Å². The molecule has 0 radical (unpaired) electrons. The van der Waals surface area contributed by atoms with Gasteiger partial charge >= 0.3 is 0 Å². The summed E-state index contributed by atoms with van der Waals surface area (Å²) in [6, 6.07) is -0.112. The van der Waals surface area contributed by atoms with Crippen LogP contribution in [0.4, 0.5) is 0 Å². The van der Waals surface area contributed by atoms with Gasteiger partial charge in [0.25, 0.3) is 0 Å². The first-order chi connectivity index (χ1) is 5.20. The third kappa shape index (κ3) is 5.85. The van der Waals surface area contributed by atoms with Crippen LogP contribution in [0.25, 0.3) is 0 Å². The minimum absolute atomic E-state index is 0.0118. The molecule has 1 atom stereocenters. The molecule has 0 aromatic rings. The van der Waals surface area contributed by atoms with E-state index < -0.39 is 0 Å². The fraction of sp³-hybridized carbons (Fsp3) is 0.875. The molecule has 0 rings (SSSR count). The number of carbonyl (C=O) groups is 1. The lowest BCUT2D eigenvalue weighted by atomic mass is 10.2. The SMILES string of the molecule is CCCCC(=O)N[C@@H](C)CO. The van der Waals surface area contributed by atoms with E-state index in [1.807, 2.05) is 6.92 Å². The molecule has 0 fully saturated rings. The van der Waals surface area contributed by atoms with Crippen LogP contribution in [-0.2, 0) is 4.79 Å². The van der Waals surface area contributed by atoms with Crippen molar-refractivity contribution in [2.45, 2.75) is 39.2 Å². The van der Waals surface area contributed by atoms with Crippen molar-refractivity contribution in [3.63, 3.8) is 0 Å². The highest BCUT2D eigenvalue weighted by Gasteiger charge is 2.03. The zero-order valence-corrected chi connectivity index (χ0v) is 7.26. The average Bonchev–Trinajstić information content (AvgIpc) is 2.00. The fourth-order valence-electron chi connectivity index (χ4n) is 0.730. The number of aliphatic hydroxyl groups is 1. The molecular formula is C8H17NO2. The van der Waals surface area contributed by atoms with E-state index in [0.29, 0.717) is 6.42 Å². The van der Waals surface area contributed by atoms with Crippen LogP contribution in [0.2, 0.25) is 0 Å². The molecule has 1 amide bonds. The molecule has 66 valence electrons. The van der Waals surface area contributed by atoms with Crippen molar-refractivity contribution in [2.24, 2.45) is 0 Å². The molecule has 0 aromatic heterocycles. The standard InChI is InChI=1S/C8H17NO2/c1-3-4-5-8(11)9-7(2)6-10/h7,10H,3-6H2,1-2H3,(H,9,11)/t7-/m0/s1. The highest BCUT2D eigenvalue weighted by molar-refractivity contribution is 5.76. The summed E-state index contributed by atoms with van der Waals surface area (Å²) in [4.78, 5) is 10.9. The van der Waals surface area contributed by atoms with E-state index in [2.05, 4.69) is 5.32 Å². The first-order valence-corrected chi connectivity index (χ1v) is 4.11. The molecule has 0 aromatic carbocycles. The summed E-state index contributed by atoms with van der Waals surface area (Å²) in [6.07, 6.45) is 2.52. The van der Waals surface area contributed by atoms with Crippen molar-refractivity contribution in [1.29, 1.82) is 0 Å². The van der Waals surface area contributed by atoms with Crippen LogP contribution in [0.15, 0.2) is 0 Å². The van der Waals surface area contributed by atoms with Gasteiger partial charge in [-0.3, -0.25) is 4.79 Å². The van der Waals surface area contributed by atoms with Gasteiger partial charge < -0.3 is 10.4 Å².